The molecule has 8 rings (SSSR count). The Balaban J connectivity index is 1.31. The van der Waals surface area contributed by atoms with E-state index in [1.165, 1.54) is 52.0 Å². The van der Waals surface area contributed by atoms with E-state index in [4.69, 9.17) is 0 Å². The van der Waals surface area contributed by atoms with Gasteiger partial charge in [-0.25, -0.2) is 0 Å². The third-order valence-electron chi connectivity index (χ3n) is 8.92. The number of rotatable bonds is 5. The molecule has 0 amide bonds. The van der Waals surface area contributed by atoms with Gasteiger partial charge in [-0.05, 0) is 0 Å². The molecule has 8 aromatic rings. The van der Waals surface area contributed by atoms with E-state index in [9.17, 15) is 0 Å². The number of anilines is 3. The first kappa shape index (κ1) is 26.0. The molecule has 0 bridgehead atoms. The monoisotopic (exact) mass is 617 g/mol. The van der Waals surface area contributed by atoms with Crippen molar-refractivity contribution in [2.45, 2.75) is 19.3 Å². The second-order valence-corrected chi connectivity index (χ2v) is 14.0. The summed E-state index contributed by atoms with van der Waals surface area (Å²) in [6, 6.07) is 55.7. The molecule has 43 heavy (non-hydrogen) atoms. The van der Waals surface area contributed by atoms with Gasteiger partial charge in [-0.15, -0.1) is 0 Å². The Morgan fingerprint density at radius 2 is 1.09 bits per heavy atom. The average Bonchev–Trinajstić information content (AvgIpc) is 3.45. The number of nitrogens with zero attached hydrogens (tertiary/aromatic N) is 1. The second-order valence-electron chi connectivity index (χ2n) is 11.8. The van der Waals surface area contributed by atoms with Gasteiger partial charge in [0.1, 0.15) is 0 Å². The van der Waals surface area contributed by atoms with E-state index in [0.29, 0.717) is 14.5 Å². The van der Waals surface area contributed by atoms with Gasteiger partial charge in [0.15, 0.2) is 0 Å². The summed E-state index contributed by atoms with van der Waals surface area (Å²) in [6.45, 7) is 4.63. The van der Waals surface area contributed by atoms with Crippen molar-refractivity contribution < 1.29 is 0 Å². The van der Waals surface area contributed by atoms with Crippen molar-refractivity contribution in [3.63, 3.8) is 0 Å². The van der Waals surface area contributed by atoms with E-state index in [-0.39, 0.29) is 5.41 Å². The Bertz CT molecular complexity index is 2260. The van der Waals surface area contributed by atoms with Gasteiger partial charge in [0.2, 0.25) is 0 Å². The molecule has 0 fully saturated rings. The number of fused-ring (bicyclic) bond motifs is 7. The zero-order valence-electron chi connectivity index (χ0n) is 24.3. The summed E-state index contributed by atoms with van der Waals surface area (Å²) in [7, 11) is 0. The molecule has 0 aliphatic heterocycles. The second kappa shape index (κ2) is 10.3. The summed E-state index contributed by atoms with van der Waals surface area (Å²) in [6.07, 6.45) is 0. The molecule has 2 heteroatoms. The molecule has 0 unspecified atom stereocenters. The van der Waals surface area contributed by atoms with E-state index in [0.717, 1.165) is 17.1 Å². The molecule has 7 aromatic carbocycles. The maximum absolute atomic E-state index is 2.39. The fraction of sp³-hybridized carbons (Fsp3) is 0.0732. The number of hydrogen-bond acceptors (Lipinski definition) is 1. The van der Waals surface area contributed by atoms with Gasteiger partial charge in [0, 0.05) is 0 Å². The maximum atomic E-state index is 2.39. The van der Waals surface area contributed by atoms with Crippen molar-refractivity contribution in [2.24, 2.45) is 0 Å². The van der Waals surface area contributed by atoms with Crippen molar-refractivity contribution in [3.05, 3.63) is 163 Å². The van der Waals surface area contributed by atoms with E-state index >= 15 is 0 Å². The van der Waals surface area contributed by atoms with Crippen molar-refractivity contribution in [3.8, 4) is 0 Å². The van der Waals surface area contributed by atoms with Crippen LogP contribution in [0.15, 0.2) is 152 Å². The molecule has 1 aromatic heterocycles. The van der Waals surface area contributed by atoms with Crippen LogP contribution in [-0.2, 0) is 5.41 Å². The van der Waals surface area contributed by atoms with E-state index in [1.54, 1.807) is 0 Å². The van der Waals surface area contributed by atoms with Gasteiger partial charge < -0.3 is 0 Å². The molecule has 0 radical (unpaired) electrons. The van der Waals surface area contributed by atoms with Crippen LogP contribution < -0.4 is 4.90 Å². The van der Waals surface area contributed by atoms with Crippen molar-refractivity contribution in [1.29, 1.82) is 0 Å². The van der Waals surface area contributed by atoms with Crippen molar-refractivity contribution in [1.82, 2.24) is 0 Å². The SMILES string of the molecule is CC(C)(c1ccccc1)c1cccc(N(c2ccccc2)c2ccc3c(ccc4ccc5c6ccccc6[se]c5c43)c2)c1. The Morgan fingerprint density at radius 1 is 0.465 bits per heavy atom. The topological polar surface area (TPSA) is 3.24 Å². The van der Waals surface area contributed by atoms with Gasteiger partial charge >= 0.3 is 229 Å². The molecule has 0 aliphatic carbocycles. The summed E-state index contributed by atoms with van der Waals surface area (Å²) in [5, 5.41) is 8.15. The van der Waals surface area contributed by atoms with E-state index < -0.39 is 0 Å². The third kappa shape index (κ3) is 4.38. The molecule has 1 nitrogen and oxygen atoms in total. The summed E-state index contributed by atoms with van der Waals surface area (Å²) in [4.78, 5) is 2.39. The van der Waals surface area contributed by atoms with Gasteiger partial charge in [0.05, 0.1) is 0 Å². The predicted octanol–water partition coefficient (Wildman–Crippen LogP) is 11.2. The Hall–Kier alpha value is -4.62. The molecule has 0 saturated heterocycles. The van der Waals surface area contributed by atoms with Crippen LogP contribution in [0.3, 0.4) is 0 Å². The molecule has 206 valence electrons. The minimum absolute atomic E-state index is 0.123. The van der Waals surface area contributed by atoms with Crippen LogP contribution in [0.2, 0.25) is 0 Å². The molecular formula is C41H31NSe. The normalized spacial score (nSPS) is 12.0. The summed E-state index contributed by atoms with van der Waals surface area (Å²) in [5.74, 6) is 0. The van der Waals surface area contributed by atoms with Crippen molar-refractivity contribution in [2.75, 3.05) is 4.90 Å². The third-order valence-corrected chi connectivity index (χ3v) is 11.4. The first-order chi connectivity index (χ1) is 21.1. The predicted molar refractivity (Wildman–Crippen MR) is 187 cm³/mol. The Morgan fingerprint density at radius 3 is 1.93 bits per heavy atom. The zero-order chi connectivity index (χ0) is 29.0. The zero-order valence-corrected chi connectivity index (χ0v) is 26.0. The number of benzene rings is 7. The van der Waals surface area contributed by atoms with Crippen LogP contribution >= 0.6 is 0 Å². The number of para-hydroxylation sites is 1. The van der Waals surface area contributed by atoms with Gasteiger partial charge in [-0.1, -0.05) is 30.3 Å². The van der Waals surface area contributed by atoms with Crippen LogP contribution in [0.25, 0.3) is 40.8 Å². The fourth-order valence-corrected chi connectivity index (χ4v) is 9.20. The minimum atomic E-state index is -0.123. The molecular weight excluding hydrogens is 585 g/mol. The summed E-state index contributed by atoms with van der Waals surface area (Å²) < 4.78 is 3.00. The van der Waals surface area contributed by atoms with Crippen LogP contribution in [-0.4, -0.2) is 14.5 Å². The fourth-order valence-electron chi connectivity index (χ4n) is 6.53. The molecule has 0 atom stereocenters. The van der Waals surface area contributed by atoms with Gasteiger partial charge in [-0.2, -0.15) is 0 Å². The quantitative estimate of drug-likeness (QED) is 0.137. The molecule has 0 aliphatic rings. The first-order valence-electron chi connectivity index (χ1n) is 14.9. The first-order valence-corrected chi connectivity index (χ1v) is 16.6. The Kier molecular flexibility index (Phi) is 6.22. The number of hydrogen-bond donors (Lipinski definition) is 0. The standard InChI is InChI=1S/C41H31NSe/c1-41(2,30-12-5-3-6-13-30)31-14-11-17-33(27-31)42(32-15-7-4-8-16-32)34-23-25-35-29(26-34)21-20-28-22-24-37-36-18-9-10-19-38(36)43-40(37)39(28)35/h3-27H,1-2H3. The Labute approximate surface area is 258 Å². The van der Waals surface area contributed by atoms with E-state index in [1.807, 2.05) is 0 Å². The molecule has 0 spiro atoms. The van der Waals surface area contributed by atoms with Crippen LogP contribution in [0.4, 0.5) is 17.1 Å². The average molecular weight is 617 g/mol. The summed E-state index contributed by atoms with van der Waals surface area (Å²) in [5.41, 5.74) is 5.95. The molecule has 0 N–H and O–H groups in total. The van der Waals surface area contributed by atoms with Crippen LogP contribution in [0, 0.1) is 0 Å². The summed E-state index contributed by atoms with van der Waals surface area (Å²) >= 11 is 0.306. The van der Waals surface area contributed by atoms with E-state index in [2.05, 4.69) is 170 Å². The molecule has 0 saturated carbocycles. The van der Waals surface area contributed by atoms with Gasteiger partial charge in [0.25, 0.3) is 0 Å². The van der Waals surface area contributed by atoms with Gasteiger partial charge in [-0.3, -0.25) is 0 Å². The molecule has 1 heterocycles. The van der Waals surface area contributed by atoms with Crippen LogP contribution in [0.1, 0.15) is 25.0 Å². The van der Waals surface area contributed by atoms with Crippen molar-refractivity contribution >= 4 is 72.4 Å². The van der Waals surface area contributed by atoms with Crippen LogP contribution in [0.5, 0.6) is 0 Å².